The van der Waals surface area contributed by atoms with Gasteiger partial charge in [0.25, 0.3) is 5.91 Å². The molecule has 2 aromatic rings. The summed E-state index contributed by atoms with van der Waals surface area (Å²) in [6, 6.07) is 8.48. The molecule has 7 heteroatoms. The van der Waals surface area contributed by atoms with Gasteiger partial charge in [-0.25, -0.2) is 0 Å². The lowest BCUT2D eigenvalue weighted by atomic mass is 10.2. The molecule has 0 radical (unpaired) electrons. The normalized spacial score (nSPS) is 10.5. The fraction of sp³-hybridized carbons (Fsp3) is 0.400. The van der Waals surface area contributed by atoms with Crippen molar-refractivity contribution in [3.63, 3.8) is 0 Å². The minimum absolute atomic E-state index is 0.130. The molecule has 7 nitrogen and oxygen atoms in total. The van der Waals surface area contributed by atoms with Crippen LogP contribution < -0.4 is 20.1 Å². The number of hydrogen-bond acceptors (Lipinski definition) is 5. The molecule has 2 amide bonds. The van der Waals surface area contributed by atoms with Crippen LogP contribution in [-0.4, -0.2) is 31.6 Å². The quantitative estimate of drug-likeness (QED) is 0.667. The predicted octanol–water partition coefficient (Wildman–Crippen LogP) is 2.76. The zero-order valence-electron chi connectivity index (χ0n) is 15.9. The van der Waals surface area contributed by atoms with E-state index in [0.717, 1.165) is 0 Å². The minimum atomic E-state index is -0.362. The third-order valence-corrected chi connectivity index (χ3v) is 3.53. The van der Waals surface area contributed by atoms with E-state index < -0.39 is 0 Å². The first-order chi connectivity index (χ1) is 13.0. The van der Waals surface area contributed by atoms with Crippen LogP contribution in [0.25, 0.3) is 0 Å². The van der Waals surface area contributed by atoms with Crippen molar-refractivity contribution in [2.75, 3.05) is 19.8 Å². The Kier molecular flexibility index (Phi) is 7.73. The summed E-state index contributed by atoms with van der Waals surface area (Å²) < 4.78 is 16.4. The van der Waals surface area contributed by atoms with E-state index in [1.165, 1.54) is 6.26 Å². The summed E-state index contributed by atoms with van der Waals surface area (Å²) in [5.41, 5.74) is 0.397. The number of rotatable bonds is 10. The van der Waals surface area contributed by atoms with Crippen molar-refractivity contribution in [2.45, 2.75) is 27.3 Å². The second-order valence-electron chi connectivity index (χ2n) is 6.34. The number of carbonyl (C=O) groups excluding carboxylic acids is 2. The van der Waals surface area contributed by atoms with E-state index in [0.29, 0.717) is 42.0 Å². The van der Waals surface area contributed by atoms with Crippen LogP contribution in [0.1, 0.15) is 36.9 Å². The standard InChI is InChI=1S/C20H26N2O5/c1-4-25-18-10-15(7-8-17(18)27-13-14(2)3)20(24)22-12-19(23)21-11-16-6-5-9-26-16/h5-10,14H,4,11-13H2,1-3H3,(H,21,23)(H,22,24). The van der Waals surface area contributed by atoms with Gasteiger partial charge in [-0.1, -0.05) is 13.8 Å². The molecule has 2 N–H and O–H groups in total. The zero-order chi connectivity index (χ0) is 19.6. The average molecular weight is 374 g/mol. The molecule has 0 spiro atoms. The van der Waals surface area contributed by atoms with Gasteiger partial charge in [0.2, 0.25) is 5.91 Å². The van der Waals surface area contributed by atoms with Gasteiger partial charge >= 0.3 is 0 Å². The number of amides is 2. The monoisotopic (exact) mass is 374 g/mol. The van der Waals surface area contributed by atoms with Crippen LogP contribution in [0, 0.1) is 5.92 Å². The van der Waals surface area contributed by atoms with E-state index >= 15 is 0 Å². The van der Waals surface area contributed by atoms with Crippen LogP contribution >= 0.6 is 0 Å². The van der Waals surface area contributed by atoms with Crippen molar-refractivity contribution in [1.29, 1.82) is 0 Å². The molecule has 0 aliphatic heterocycles. The Morgan fingerprint density at radius 2 is 1.93 bits per heavy atom. The van der Waals surface area contributed by atoms with Crippen LogP contribution in [0.5, 0.6) is 11.5 Å². The number of benzene rings is 1. The Balaban J connectivity index is 1.90. The summed E-state index contributed by atoms with van der Waals surface area (Å²) in [4.78, 5) is 24.1. The summed E-state index contributed by atoms with van der Waals surface area (Å²) in [5, 5.41) is 5.26. The molecular weight excluding hydrogens is 348 g/mol. The summed E-state index contributed by atoms with van der Waals surface area (Å²) in [5.74, 6) is 1.46. The Labute approximate surface area is 159 Å². The van der Waals surface area contributed by atoms with E-state index in [9.17, 15) is 9.59 Å². The van der Waals surface area contributed by atoms with Crippen LogP contribution in [-0.2, 0) is 11.3 Å². The van der Waals surface area contributed by atoms with Crippen molar-refractivity contribution in [3.05, 3.63) is 47.9 Å². The van der Waals surface area contributed by atoms with E-state index in [1.807, 2.05) is 6.92 Å². The maximum atomic E-state index is 12.3. The van der Waals surface area contributed by atoms with E-state index in [4.69, 9.17) is 13.9 Å². The molecule has 0 atom stereocenters. The molecule has 1 aromatic carbocycles. The Hall–Kier alpha value is -2.96. The summed E-state index contributed by atoms with van der Waals surface area (Å²) in [6.45, 7) is 7.13. The van der Waals surface area contributed by atoms with Gasteiger partial charge < -0.3 is 24.5 Å². The second-order valence-corrected chi connectivity index (χ2v) is 6.34. The second kappa shape index (κ2) is 10.3. The third kappa shape index (κ3) is 6.69. The van der Waals surface area contributed by atoms with Gasteiger partial charge in [0.05, 0.1) is 32.6 Å². The smallest absolute Gasteiger partial charge is 0.251 e. The molecule has 1 aromatic heterocycles. The molecule has 0 bridgehead atoms. The maximum absolute atomic E-state index is 12.3. The molecule has 146 valence electrons. The number of ether oxygens (including phenoxy) is 2. The fourth-order valence-corrected chi connectivity index (χ4v) is 2.22. The van der Waals surface area contributed by atoms with Gasteiger partial charge in [-0.05, 0) is 43.2 Å². The molecular formula is C20H26N2O5. The van der Waals surface area contributed by atoms with Gasteiger partial charge in [0.1, 0.15) is 5.76 Å². The van der Waals surface area contributed by atoms with Crippen molar-refractivity contribution < 1.29 is 23.5 Å². The molecule has 0 aliphatic carbocycles. The van der Waals surface area contributed by atoms with Crippen molar-refractivity contribution in [2.24, 2.45) is 5.92 Å². The average Bonchev–Trinajstić information content (AvgIpc) is 3.17. The number of furan rings is 1. The SMILES string of the molecule is CCOc1cc(C(=O)NCC(=O)NCc2ccco2)ccc1OCC(C)C. The van der Waals surface area contributed by atoms with Gasteiger partial charge in [-0.3, -0.25) is 9.59 Å². The van der Waals surface area contributed by atoms with Crippen molar-refractivity contribution in [1.82, 2.24) is 10.6 Å². The lowest BCUT2D eigenvalue weighted by molar-refractivity contribution is -0.120. The van der Waals surface area contributed by atoms with Gasteiger partial charge in [0, 0.05) is 5.56 Å². The van der Waals surface area contributed by atoms with E-state index in [-0.39, 0.29) is 24.9 Å². The lowest BCUT2D eigenvalue weighted by Gasteiger charge is -2.14. The minimum Gasteiger partial charge on any atom is -0.490 e. The molecule has 27 heavy (non-hydrogen) atoms. The Bertz CT molecular complexity index is 741. The van der Waals surface area contributed by atoms with Crippen LogP contribution in [0.3, 0.4) is 0 Å². The first-order valence-corrected chi connectivity index (χ1v) is 8.96. The van der Waals surface area contributed by atoms with E-state index in [2.05, 4.69) is 24.5 Å². The summed E-state index contributed by atoms with van der Waals surface area (Å²) in [7, 11) is 0. The van der Waals surface area contributed by atoms with Crippen LogP contribution in [0.2, 0.25) is 0 Å². The Morgan fingerprint density at radius 3 is 2.59 bits per heavy atom. The first kappa shape index (κ1) is 20.4. The molecule has 0 saturated heterocycles. The molecule has 0 saturated carbocycles. The van der Waals surface area contributed by atoms with Crippen molar-refractivity contribution >= 4 is 11.8 Å². The highest BCUT2D eigenvalue weighted by atomic mass is 16.5. The van der Waals surface area contributed by atoms with Gasteiger partial charge in [-0.15, -0.1) is 0 Å². The largest absolute Gasteiger partial charge is 0.490 e. The maximum Gasteiger partial charge on any atom is 0.251 e. The van der Waals surface area contributed by atoms with Crippen molar-refractivity contribution in [3.8, 4) is 11.5 Å². The molecule has 0 fully saturated rings. The number of carbonyl (C=O) groups is 2. The molecule has 1 heterocycles. The number of hydrogen-bond donors (Lipinski definition) is 2. The lowest BCUT2D eigenvalue weighted by Crippen LogP contribution is -2.36. The van der Waals surface area contributed by atoms with E-state index in [1.54, 1.807) is 30.3 Å². The summed E-state index contributed by atoms with van der Waals surface area (Å²) in [6.07, 6.45) is 1.54. The van der Waals surface area contributed by atoms with Crippen LogP contribution in [0.15, 0.2) is 41.0 Å². The third-order valence-electron chi connectivity index (χ3n) is 3.53. The molecule has 0 unspecified atom stereocenters. The predicted molar refractivity (Wildman–Crippen MR) is 101 cm³/mol. The number of nitrogens with one attached hydrogen (secondary N) is 2. The van der Waals surface area contributed by atoms with Gasteiger partial charge in [-0.2, -0.15) is 0 Å². The summed E-state index contributed by atoms with van der Waals surface area (Å²) >= 11 is 0. The first-order valence-electron chi connectivity index (χ1n) is 8.96. The molecule has 2 rings (SSSR count). The van der Waals surface area contributed by atoms with Gasteiger partial charge in [0.15, 0.2) is 11.5 Å². The highest BCUT2D eigenvalue weighted by molar-refractivity contribution is 5.97. The highest BCUT2D eigenvalue weighted by Gasteiger charge is 2.13. The molecule has 0 aliphatic rings. The zero-order valence-corrected chi connectivity index (χ0v) is 15.9. The topological polar surface area (TPSA) is 89.8 Å². The van der Waals surface area contributed by atoms with Crippen LogP contribution in [0.4, 0.5) is 0 Å². The Morgan fingerprint density at radius 1 is 1.11 bits per heavy atom. The fourth-order valence-electron chi connectivity index (χ4n) is 2.22. The highest BCUT2D eigenvalue weighted by Crippen LogP contribution is 2.29.